The second-order valence-corrected chi connectivity index (χ2v) is 14.2. The Hall–Kier alpha value is -1.78. The van der Waals surface area contributed by atoms with Gasteiger partial charge in [0.1, 0.15) is 0 Å². The molecule has 3 rings (SSSR count). The molecule has 0 fully saturated rings. The fourth-order valence-corrected chi connectivity index (χ4v) is 9.09. The van der Waals surface area contributed by atoms with Crippen LogP contribution in [-0.2, 0) is 20.1 Å². The van der Waals surface area contributed by atoms with E-state index in [1.807, 2.05) is 91.0 Å². The summed E-state index contributed by atoms with van der Waals surface area (Å²) in [6.07, 6.45) is 0. The zero-order chi connectivity index (χ0) is 16.0. The van der Waals surface area contributed by atoms with Crippen molar-refractivity contribution in [3.8, 4) is 17.2 Å². The van der Waals surface area contributed by atoms with Crippen LogP contribution in [0.3, 0.4) is 0 Å². The molecule has 0 atom stereocenters. The average Bonchev–Trinajstić information content (AvgIpc) is 2.57. The summed E-state index contributed by atoms with van der Waals surface area (Å²) in [6.45, 7) is 0. The molecule has 0 amide bonds. The van der Waals surface area contributed by atoms with Crippen molar-refractivity contribution in [2.24, 2.45) is 0 Å². The second kappa shape index (κ2) is 7.66. The molecule has 0 aliphatic heterocycles. The van der Waals surface area contributed by atoms with Crippen LogP contribution in [0.2, 0.25) is 0 Å². The first kappa shape index (κ1) is 16.1. The molecular weight excluding hydrogens is 478 g/mol. The summed E-state index contributed by atoms with van der Waals surface area (Å²) in [5.74, 6) is 1.91. The average molecular weight is 493 g/mol. The quantitative estimate of drug-likeness (QED) is 0.438. The second-order valence-electron chi connectivity index (χ2n) is 4.73. The summed E-state index contributed by atoms with van der Waals surface area (Å²) >= 11 is -4.51. The van der Waals surface area contributed by atoms with E-state index in [0.717, 1.165) is 0 Å². The standard InChI is InChI=1S/3C6H6O.ClH.Hf/c3*7-6-4-2-1-3-5-6;;/h3*1-5,7H;1H;/q;;;;+4/p-4. The molecule has 0 radical (unpaired) electrons. The van der Waals surface area contributed by atoms with Gasteiger partial charge < -0.3 is 0 Å². The first-order valence-electron chi connectivity index (χ1n) is 7.15. The van der Waals surface area contributed by atoms with E-state index >= 15 is 0 Å². The molecule has 0 heterocycles. The van der Waals surface area contributed by atoms with Gasteiger partial charge in [-0.1, -0.05) is 0 Å². The van der Waals surface area contributed by atoms with Crippen LogP contribution in [0, 0.1) is 0 Å². The molecule has 3 aromatic carbocycles. The molecule has 0 aliphatic carbocycles. The Labute approximate surface area is 145 Å². The molecular formula is C18H15ClHfO3. The van der Waals surface area contributed by atoms with E-state index in [9.17, 15) is 0 Å². The number of hydrogen-bond acceptors (Lipinski definition) is 3. The van der Waals surface area contributed by atoms with Gasteiger partial charge in [0.25, 0.3) is 0 Å². The summed E-state index contributed by atoms with van der Waals surface area (Å²) in [5, 5.41) is 0. The van der Waals surface area contributed by atoms with E-state index in [0.29, 0.717) is 17.2 Å². The van der Waals surface area contributed by atoms with Crippen LogP contribution in [0.1, 0.15) is 0 Å². The molecule has 5 heteroatoms. The van der Waals surface area contributed by atoms with Crippen LogP contribution in [0.15, 0.2) is 91.0 Å². The molecule has 23 heavy (non-hydrogen) atoms. The number of halogens is 1. The van der Waals surface area contributed by atoms with E-state index < -0.39 is 20.1 Å². The Morgan fingerprint density at radius 3 is 1.00 bits per heavy atom. The Kier molecular flexibility index (Phi) is 5.36. The van der Waals surface area contributed by atoms with E-state index in [1.54, 1.807) is 0 Å². The van der Waals surface area contributed by atoms with E-state index in [4.69, 9.17) is 17.1 Å². The number of para-hydroxylation sites is 3. The first-order valence-corrected chi connectivity index (χ1v) is 16.0. The van der Waals surface area contributed by atoms with Crippen LogP contribution >= 0.6 is 8.58 Å². The molecule has 0 N–H and O–H groups in total. The van der Waals surface area contributed by atoms with Gasteiger partial charge in [0.15, 0.2) is 0 Å². The predicted octanol–water partition coefficient (Wildman–Crippen LogP) is 5.28. The van der Waals surface area contributed by atoms with Crippen molar-refractivity contribution in [1.29, 1.82) is 0 Å². The van der Waals surface area contributed by atoms with E-state index in [1.165, 1.54) is 0 Å². The van der Waals surface area contributed by atoms with Crippen LogP contribution in [-0.4, -0.2) is 0 Å². The van der Waals surface area contributed by atoms with Gasteiger partial charge >= 0.3 is 145 Å². The first-order chi connectivity index (χ1) is 11.2. The molecule has 116 valence electrons. The normalized spacial score (nSPS) is 10.8. The van der Waals surface area contributed by atoms with Crippen molar-refractivity contribution < 1.29 is 28.7 Å². The molecule has 0 saturated heterocycles. The molecule has 0 aliphatic rings. The van der Waals surface area contributed by atoms with Crippen molar-refractivity contribution in [2.45, 2.75) is 0 Å². The fraction of sp³-hybridized carbons (Fsp3) is 0. The molecule has 0 unspecified atom stereocenters. The van der Waals surface area contributed by atoms with Gasteiger partial charge in [-0.25, -0.2) is 0 Å². The third-order valence-corrected chi connectivity index (χ3v) is 10.0. The predicted molar refractivity (Wildman–Crippen MR) is 87.1 cm³/mol. The van der Waals surface area contributed by atoms with Crippen molar-refractivity contribution in [3.63, 3.8) is 0 Å². The topological polar surface area (TPSA) is 27.7 Å². The van der Waals surface area contributed by atoms with Crippen molar-refractivity contribution in [1.82, 2.24) is 0 Å². The zero-order valence-corrected chi connectivity index (χ0v) is 16.6. The van der Waals surface area contributed by atoms with Crippen molar-refractivity contribution in [3.05, 3.63) is 91.0 Å². The van der Waals surface area contributed by atoms with Gasteiger partial charge in [-0.2, -0.15) is 0 Å². The van der Waals surface area contributed by atoms with Gasteiger partial charge in [-0.05, 0) is 0 Å². The number of rotatable bonds is 6. The molecule has 0 aromatic heterocycles. The van der Waals surface area contributed by atoms with Gasteiger partial charge in [0.2, 0.25) is 0 Å². The van der Waals surface area contributed by atoms with Crippen LogP contribution in [0.4, 0.5) is 0 Å². The minimum atomic E-state index is -4.51. The summed E-state index contributed by atoms with van der Waals surface area (Å²) in [4.78, 5) is 0. The SMILES string of the molecule is [Cl][Hf]([O]c1ccccc1)([O]c1ccccc1)[O]c1ccccc1. The summed E-state index contributed by atoms with van der Waals surface area (Å²) in [6, 6.07) is 28.0. The molecule has 0 spiro atoms. The monoisotopic (exact) mass is 494 g/mol. The third-order valence-electron chi connectivity index (χ3n) is 2.95. The Balaban J connectivity index is 1.85. The van der Waals surface area contributed by atoms with Crippen molar-refractivity contribution in [2.75, 3.05) is 0 Å². The Bertz CT molecular complexity index is 622. The van der Waals surface area contributed by atoms with E-state index in [-0.39, 0.29) is 0 Å². The zero-order valence-electron chi connectivity index (χ0n) is 12.3. The van der Waals surface area contributed by atoms with Gasteiger partial charge in [-0.3, -0.25) is 0 Å². The maximum absolute atomic E-state index is 6.70. The van der Waals surface area contributed by atoms with Crippen LogP contribution < -0.4 is 8.56 Å². The number of hydrogen-bond donors (Lipinski definition) is 0. The molecule has 3 nitrogen and oxygen atoms in total. The molecule has 0 saturated carbocycles. The molecule has 3 aromatic rings. The fourth-order valence-electron chi connectivity index (χ4n) is 1.95. The van der Waals surface area contributed by atoms with Crippen LogP contribution in [0.5, 0.6) is 17.2 Å². The van der Waals surface area contributed by atoms with Gasteiger partial charge in [-0.15, -0.1) is 0 Å². The van der Waals surface area contributed by atoms with Crippen LogP contribution in [0.25, 0.3) is 0 Å². The summed E-state index contributed by atoms with van der Waals surface area (Å²) in [5.41, 5.74) is 0. The Morgan fingerprint density at radius 2 is 0.739 bits per heavy atom. The third kappa shape index (κ3) is 4.85. The summed E-state index contributed by atoms with van der Waals surface area (Å²) < 4.78 is 17.9. The van der Waals surface area contributed by atoms with Gasteiger partial charge in [0, 0.05) is 0 Å². The summed E-state index contributed by atoms with van der Waals surface area (Å²) in [7, 11) is 6.70. The number of benzene rings is 3. The maximum atomic E-state index is 6.70. The minimum absolute atomic E-state index is 0.635. The van der Waals surface area contributed by atoms with E-state index in [2.05, 4.69) is 0 Å². The Morgan fingerprint density at radius 1 is 0.478 bits per heavy atom. The van der Waals surface area contributed by atoms with Gasteiger partial charge in [0.05, 0.1) is 0 Å². The van der Waals surface area contributed by atoms with Crippen molar-refractivity contribution >= 4 is 8.58 Å². The molecule has 0 bridgehead atoms.